The molecule has 0 spiro atoms. The molecule has 1 amide bonds. The van der Waals surface area contributed by atoms with Crippen LogP contribution in [0, 0.1) is 0 Å². The second-order valence-corrected chi connectivity index (χ2v) is 5.36. The van der Waals surface area contributed by atoms with Crippen LogP contribution < -0.4 is 11.1 Å². The van der Waals surface area contributed by atoms with Gasteiger partial charge < -0.3 is 11.1 Å². The lowest BCUT2D eigenvalue weighted by molar-refractivity contribution is -0.115. The molecular formula is C18H22N2O. The number of carbonyl (C=O) groups excluding carboxylic acids is 1. The maximum absolute atomic E-state index is 12.2. The molecule has 2 aromatic carbocycles. The maximum atomic E-state index is 12.2. The highest BCUT2D eigenvalue weighted by atomic mass is 16.1. The molecule has 2 rings (SSSR count). The SMILES string of the molecule is CC[C@H](C)c1ccccc1NC(=O)Cc1ccc(N)cc1. The highest BCUT2D eigenvalue weighted by Crippen LogP contribution is 2.26. The van der Waals surface area contributed by atoms with E-state index in [4.69, 9.17) is 5.73 Å². The topological polar surface area (TPSA) is 55.1 Å². The molecular weight excluding hydrogens is 260 g/mol. The zero-order valence-electron chi connectivity index (χ0n) is 12.6. The van der Waals surface area contributed by atoms with Gasteiger partial charge in [0.1, 0.15) is 0 Å². The predicted octanol–water partition coefficient (Wildman–Crippen LogP) is 3.96. The molecule has 0 radical (unpaired) electrons. The molecule has 3 nitrogen and oxygen atoms in total. The van der Waals surface area contributed by atoms with Crippen LogP contribution in [-0.2, 0) is 11.2 Å². The van der Waals surface area contributed by atoms with Gasteiger partial charge in [0.2, 0.25) is 5.91 Å². The van der Waals surface area contributed by atoms with E-state index >= 15 is 0 Å². The van der Waals surface area contributed by atoms with Gasteiger partial charge in [0.05, 0.1) is 6.42 Å². The maximum Gasteiger partial charge on any atom is 0.228 e. The summed E-state index contributed by atoms with van der Waals surface area (Å²) in [5.41, 5.74) is 9.41. The second-order valence-electron chi connectivity index (χ2n) is 5.36. The first-order valence-corrected chi connectivity index (χ1v) is 7.33. The summed E-state index contributed by atoms with van der Waals surface area (Å²) in [6.07, 6.45) is 1.40. The van der Waals surface area contributed by atoms with Gasteiger partial charge in [-0.2, -0.15) is 0 Å². The van der Waals surface area contributed by atoms with Gasteiger partial charge in [-0.25, -0.2) is 0 Å². The molecule has 0 aromatic heterocycles. The zero-order chi connectivity index (χ0) is 15.2. The minimum atomic E-state index is -0.00414. The van der Waals surface area contributed by atoms with Crippen molar-refractivity contribution in [1.29, 1.82) is 0 Å². The molecule has 0 heterocycles. The van der Waals surface area contributed by atoms with Crippen molar-refractivity contribution in [3.05, 3.63) is 59.7 Å². The lowest BCUT2D eigenvalue weighted by Gasteiger charge is -2.15. The van der Waals surface area contributed by atoms with Crippen molar-refractivity contribution in [2.24, 2.45) is 0 Å². The number of amides is 1. The number of nitrogens with one attached hydrogen (secondary N) is 1. The second kappa shape index (κ2) is 6.93. The molecule has 0 bridgehead atoms. The Morgan fingerprint density at radius 2 is 1.81 bits per heavy atom. The van der Waals surface area contributed by atoms with E-state index in [1.54, 1.807) is 0 Å². The Balaban J connectivity index is 2.07. The minimum absolute atomic E-state index is 0.00414. The van der Waals surface area contributed by atoms with Crippen molar-refractivity contribution in [3.8, 4) is 0 Å². The van der Waals surface area contributed by atoms with E-state index in [0.29, 0.717) is 18.0 Å². The summed E-state index contributed by atoms with van der Waals surface area (Å²) in [5.74, 6) is 0.425. The van der Waals surface area contributed by atoms with E-state index in [2.05, 4.69) is 25.2 Å². The molecule has 0 aliphatic heterocycles. The molecule has 3 N–H and O–H groups in total. The van der Waals surface area contributed by atoms with E-state index in [9.17, 15) is 4.79 Å². The Kier molecular flexibility index (Phi) is 4.99. The Hall–Kier alpha value is -2.29. The number of hydrogen-bond donors (Lipinski definition) is 2. The predicted molar refractivity (Wildman–Crippen MR) is 88.3 cm³/mol. The molecule has 21 heavy (non-hydrogen) atoms. The van der Waals surface area contributed by atoms with Crippen LogP contribution in [0.2, 0.25) is 0 Å². The molecule has 0 unspecified atom stereocenters. The standard InChI is InChI=1S/C18H22N2O/c1-3-13(2)16-6-4-5-7-17(16)20-18(21)12-14-8-10-15(19)11-9-14/h4-11,13H,3,12,19H2,1-2H3,(H,20,21)/t13-/m0/s1. The molecule has 0 fully saturated rings. The number of anilines is 2. The van der Waals surface area contributed by atoms with Crippen LogP contribution in [0.5, 0.6) is 0 Å². The highest BCUT2D eigenvalue weighted by Gasteiger charge is 2.11. The summed E-state index contributed by atoms with van der Waals surface area (Å²) in [7, 11) is 0. The van der Waals surface area contributed by atoms with Crippen molar-refractivity contribution in [2.75, 3.05) is 11.1 Å². The number of nitrogens with two attached hydrogens (primary N) is 1. The van der Waals surface area contributed by atoms with Crippen LogP contribution in [0.25, 0.3) is 0 Å². The Labute approximate surface area is 126 Å². The highest BCUT2D eigenvalue weighted by molar-refractivity contribution is 5.93. The first-order valence-electron chi connectivity index (χ1n) is 7.33. The van der Waals surface area contributed by atoms with E-state index in [-0.39, 0.29) is 5.91 Å². The fourth-order valence-corrected chi connectivity index (χ4v) is 2.28. The lowest BCUT2D eigenvalue weighted by atomic mass is 9.97. The Morgan fingerprint density at radius 3 is 2.48 bits per heavy atom. The van der Waals surface area contributed by atoms with Crippen LogP contribution >= 0.6 is 0 Å². The quantitative estimate of drug-likeness (QED) is 0.815. The number of hydrogen-bond acceptors (Lipinski definition) is 2. The van der Waals surface area contributed by atoms with Crippen LogP contribution in [-0.4, -0.2) is 5.91 Å². The van der Waals surface area contributed by atoms with Crippen LogP contribution in [0.3, 0.4) is 0 Å². The first kappa shape index (κ1) is 15.1. The summed E-state index contributed by atoms with van der Waals surface area (Å²) in [6, 6.07) is 15.4. The third kappa shape index (κ3) is 4.09. The van der Waals surface area contributed by atoms with Crippen LogP contribution in [0.4, 0.5) is 11.4 Å². The summed E-state index contributed by atoms with van der Waals surface area (Å²) < 4.78 is 0. The normalized spacial score (nSPS) is 11.9. The fraction of sp³-hybridized carbons (Fsp3) is 0.278. The third-order valence-electron chi connectivity index (χ3n) is 3.72. The molecule has 0 saturated carbocycles. The monoisotopic (exact) mass is 282 g/mol. The number of benzene rings is 2. The number of rotatable bonds is 5. The van der Waals surface area contributed by atoms with Crippen molar-refractivity contribution < 1.29 is 4.79 Å². The molecule has 3 heteroatoms. The van der Waals surface area contributed by atoms with Crippen LogP contribution in [0.1, 0.15) is 37.3 Å². The van der Waals surface area contributed by atoms with Gasteiger partial charge in [0.15, 0.2) is 0 Å². The van der Waals surface area contributed by atoms with Gasteiger partial charge in [-0.1, -0.05) is 44.2 Å². The number of nitrogen functional groups attached to an aromatic ring is 1. The molecule has 0 aliphatic rings. The number of carbonyl (C=O) groups is 1. The van der Waals surface area contributed by atoms with Crippen LogP contribution in [0.15, 0.2) is 48.5 Å². The Morgan fingerprint density at radius 1 is 1.14 bits per heavy atom. The van der Waals surface area contributed by atoms with E-state index in [0.717, 1.165) is 17.7 Å². The molecule has 0 aliphatic carbocycles. The smallest absolute Gasteiger partial charge is 0.228 e. The minimum Gasteiger partial charge on any atom is -0.399 e. The fourth-order valence-electron chi connectivity index (χ4n) is 2.28. The molecule has 1 atom stereocenters. The first-order chi connectivity index (χ1) is 10.1. The third-order valence-corrected chi connectivity index (χ3v) is 3.72. The van der Waals surface area contributed by atoms with Crippen molar-refractivity contribution in [3.63, 3.8) is 0 Å². The summed E-state index contributed by atoms with van der Waals surface area (Å²) in [5, 5.41) is 3.02. The van der Waals surface area contributed by atoms with E-state index in [1.807, 2.05) is 42.5 Å². The average molecular weight is 282 g/mol. The lowest BCUT2D eigenvalue weighted by Crippen LogP contribution is -2.16. The van der Waals surface area contributed by atoms with Crippen molar-refractivity contribution >= 4 is 17.3 Å². The summed E-state index contributed by atoms with van der Waals surface area (Å²) >= 11 is 0. The van der Waals surface area contributed by atoms with Crippen molar-refractivity contribution in [1.82, 2.24) is 0 Å². The summed E-state index contributed by atoms with van der Waals surface area (Å²) in [6.45, 7) is 4.32. The zero-order valence-corrected chi connectivity index (χ0v) is 12.6. The molecule has 110 valence electrons. The van der Waals surface area contributed by atoms with Gasteiger partial charge in [-0.3, -0.25) is 4.79 Å². The van der Waals surface area contributed by atoms with Gasteiger partial charge in [0.25, 0.3) is 0 Å². The summed E-state index contributed by atoms with van der Waals surface area (Å²) in [4.78, 5) is 12.2. The number of para-hydroxylation sites is 1. The largest absolute Gasteiger partial charge is 0.399 e. The molecule has 0 saturated heterocycles. The van der Waals surface area contributed by atoms with Gasteiger partial charge in [0, 0.05) is 11.4 Å². The average Bonchev–Trinajstić information content (AvgIpc) is 2.49. The van der Waals surface area contributed by atoms with E-state index in [1.165, 1.54) is 5.56 Å². The van der Waals surface area contributed by atoms with Gasteiger partial charge in [-0.15, -0.1) is 0 Å². The molecule has 2 aromatic rings. The Bertz CT molecular complexity index is 605. The van der Waals surface area contributed by atoms with Gasteiger partial charge in [-0.05, 0) is 41.7 Å². The van der Waals surface area contributed by atoms with Gasteiger partial charge >= 0.3 is 0 Å². The van der Waals surface area contributed by atoms with Crippen molar-refractivity contribution in [2.45, 2.75) is 32.6 Å². The van der Waals surface area contributed by atoms with E-state index < -0.39 is 0 Å².